The number of hydrogen-bond donors (Lipinski definition) is 1. The highest BCUT2D eigenvalue weighted by atomic mass is 35.5. The van der Waals surface area contributed by atoms with Crippen molar-refractivity contribution in [3.8, 4) is 5.75 Å². The molecule has 4 nitrogen and oxygen atoms in total. The summed E-state index contributed by atoms with van der Waals surface area (Å²) < 4.78 is 5.41. The normalized spacial score (nSPS) is 10.5. The number of carbonyl (C=O) groups excluding carboxylic acids is 1. The molecule has 0 atom stereocenters. The van der Waals surface area contributed by atoms with Gasteiger partial charge in [-0.1, -0.05) is 23.2 Å². The molecule has 0 unspecified atom stereocenters. The van der Waals surface area contributed by atoms with Crippen molar-refractivity contribution in [2.45, 2.75) is 13.8 Å². The Kier molecular flexibility index (Phi) is 4.12. The molecule has 1 N–H and O–H groups in total. The molecular formula is C13H12Cl2N2O2. The van der Waals surface area contributed by atoms with Crippen molar-refractivity contribution in [3.63, 3.8) is 0 Å². The van der Waals surface area contributed by atoms with Gasteiger partial charge in [0, 0.05) is 10.7 Å². The third kappa shape index (κ3) is 3.08. The Labute approximate surface area is 120 Å². The number of aryl methyl sites for hydroxylation is 2. The Morgan fingerprint density at radius 1 is 1.37 bits per heavy atom. The maximum absolute atomic E-state index is 12.0. The molecule has 1 heterocycles. The van der Waals surface area contributed by atoms with Gasteiger partial charge in [-0.2, -0.15) is 5.10 Å². The van der Waals surface area contributed by atoms with Crippen molar-refractivity contribution in [2.24, 2.45) is 0 Å². The molecule has 0 amide bonds. The van der Waals surface area contributed by atoms with Crippen LogP contribution >= 0.6 is 23.2 Å². The van der Waals surface area contributed by atoms with Crippen LogP contribution in [0.4, 0.5) is 0 Å². The fourth-order valence-electron chi connectivity index (χ4n) is 1.77. The second kappa shape index (κ2) is 5.63. The first-order valence-corrected chi connectivity index (χ1v) is 6.37. The fourth-order valence-corrected chi connectivity index (χ4v) is 2.23. The van der Waals surface area contributed by atoms with E-state index in [-0.39, 0.29) is 12.4 Å². The number of nitrogens with one attached hydrogen (secondary N) is 1. The van der Waals surface area contributed by atoms with Crippen LogP contribution in [0.2, 0.25) is 10.0 Å². The van der Waals surface area contributed by atoms with E-state index in [1.54, 1.807) is 32.0 Å². The van der Waals surface area contributed by atoms with Crippen LogP contribution in [0.3, 0.4) is 0 Å². The molecule has 0 aliphatic carbocycles. The molecule has 0 aliphatic rings. The molecule has 0 spiro atoms. The molecule has 0 bridgehead atoms. The lowest BCUT2D eigenvalue weighted by Gasteiger charge is -2.07. The number of benzene rings is 1. The summed E-state index contributed by atoms with van der Waals surface area (Å²) in [5.41, 5.74) is 1.95. The molecule has 0 aliphatic heterocycles. The summed E-state index contributed by atoms with van der Waals surface area (Å²) in [4.78, 5) is 12.0. The average Bonchev–Trinajstić information content (AvgIpc) is 2.68. The summed E-state index contributed by atoms with van der Waals surface area (Å²) in [6, 6.07) is 4.85. The molecule has 0 fully saturated rings. The van der Waals surface area contributed by atoms with Crippen molar-refractivity contribution in [2.75, 3.05) is 6.61 Å². The topological polar surface area (TPSA) is 55.0 Å². The predicted octanol–water partition coefficient (Wildman–Crippen LogP) is 3.60. The Morgan fingerprint density at radius 2 is 2.11 bits per heavy atom. The van der Waals surface area contributed by atoms with Gasteiger partial charge in [-0.15, -0.1) is 0 Å². The number of ether oxygens (including phenoxy) is 1. The maximum Gasteiger partial charge on any atom is 0.203 e. The molecule has 6 heteroatoms. The average molecular weight is 299 g/mol. The minimum absolute atomic E-state index is 0.0947. The molecule has 19 heavy (non-hydrogen) atoms. The number of hydrogen-bond acceptors (Lipinski definition) is 3. The van der Waals surface area contributed by atoms with Crippen molar-refractivity contribution in [3.05, 3.63) is 45.2 Å². The van der Waals surface area contributed by atoms with E-state index in [0.29, 0.717) is 27.1 Å². The molecule has 2 rings (SSSR count). The summed E-state index contributed by atoms with van der Waals surface area (Å²) in [5.74, 6) is 0.285. The first-order chi connectivity index (χ1) is 8.99. The van der Waals surface area contributed by atoms with Gasteiger partial charge in [0.2, 0.25) is 5.78 Å². The molecule has 1 aromatic carbocycles. The number of nitrogens with zero attached hydrogens (tertiary/aromatic N) is 1. The molecular weight excluding hydrogens is 287 g/mol. The van der Waals surface area contributed by atoms with E-state index in [9.17, 15) is 4.79 Å². The van der Waals surface area contributed by atoms with Gasteiger partial charge in [-0.25, -0.2) is 0 Å². The maximum atomic E-state index is 12.0. The summed E-state index contributed by atoms with van der Waals surface area (Å²) in [6.07, 6.45) is 0. The van der Waals surface area contributed by atoms with E-state index >= 15 is 0 Å². The first-order valence-electron chi connectivity index (χ1n) is 5.61. The minimum atomic E-state index is -0.144. The summed E-state index contributed by atoms with van der Waals surface area (Å²) in [7, 11) is 0. The first kappa shape index (κ1) is 13.9. The van der Waals surface area contributed by atoms with Crippen LogP contribution in [-0.4, -0.2) is 22.6 Å². The van der Waals surface area contributed by atoms with Crippen molar-refractivity contribution >= 4 is 29.0 Å². The zero-order chi connectivity index (χ0) is 14.0. The van der Waals surface area contributed by atoms with Gasteiger partial charge in [0.05, 0.1) is 16.3 Å². The smallest absolute Gasteiger partial charge is 0.203 e. The number of aromatic amines is 1. The van der Waals surface area contributed by atoms with E-state index in [1.165, 1.54) is 0 Å². The van der Waals surface area contributed by atoms with Gasteiger partial charge < -0.3 is 4.74 Å². The molecule has 2 aromatic rings. The lowest BCUT2D eigenvalue weighted by molar-refractivity contribution is 0.0920. The predicted molar refractivity (Wildman–Crippen MR) is 74.3 cm³/mol. The number of Topliss-reactive ketones (excluding diaryl/α,β-unsaturated/α-hetero) is 1. The van der Waals surface area contributed by atoms with Crippen LogP contribution in [0.25, 0.3) is 0 Å². The number of ketones is 1. The highest BCUT2D eigenvalue weighted by Gasteiger charge is 2.16. The monoisotopic (exact) mass is 298 g/mol. The van der Waals surface area contributed by atoms with E-state index in [4.69, 9.17) is 27.9 Å². The second-order valence-corrected chi connectivity index (χ2v) is 4.94. The van der Waals surface area contributed by atoms with Gasteiger partial charge in [0.25, 0.3) is 0 Å². The van der Waals surface area contributed by atoms with Crippen molar-refractivity contribution in [1.29, 1.82) is 0 Å². The Balaban J connectivity index is 2.09. The number of carbonyl (C=O) groups is 1. The fraction of sp³-hybridized carbons (Fsp3) is 0.231. The lowest BCUT2D eigenvalue weighted by Crippen LogP contribution is -2.13. The van der Waals surface area contributed by atoms with Gasteiger partial charge in [-0.05, 0) is 32.0 Å². The van der Waals surface area contributed by atoms with Crippen molar-refractivity contribution in [1.82, 2.24) is 10.2 Å². The zero-order valence-corrected chi connectivity index (χ0v) is 12.0. The quantitative estimate of drug-likeness (QED) is 0.878. The highest BCUT2D eigenvalue weighted by molar-refractivity contribution is 6.35. The zero-order valence-electron chi connectivity index (χ0n) is 10.5. The molecule has 1 aromatic heterocycles. The van der Waals surface area contributed by atoms with Gasteiger partial charge in [-0.3, -0.25) is 9.89 Å². The van der Waals surface area contributed by atoms with Crippen LogP contribution in [-0.2, 0) is 0 Å². The SMILES string of the molecule is Cc1n[nH]c(C)c1C(=O)COc1ccc(Cl)cc1Cl. The van der Waals surface area contributed by atoms with E-state index < -0.39 is 0 Å². The van der Waals surface area contributed by atoms with Crippen molar-refractivity contribution < 1.29 is 9.53 Å². The van der Waals surface area contributed by atoms with Gasteiger partial charge in [0.1, 0.15) is 5.75 Å². The number of halogens is 2. The number of H-pyrrole nitrogens is 1. The Morgan fingerprint density at radius 3 is 2.68 bits per heavy atom. The number of rotatable bonds is 4. The third-order valence-electron chi connectivity index (χ3n) is 2.66. The third-order valence-corrected chi connectivity index (χ3v) is 3.19. The van der Waals surface area contributed by atoms with Crippen LogP contribution < -0.4 is 4.74 Å². The summed E-state index contributed by atoms with van der Waals surface area (Å²) >= 11 is 11.7. The molecule has 100 valence electrons. The largest absolute Gasteiger partial charge is 0.484 e. The van der Waals surface area contributed by atoms with Gasteiger partial charge >= 0.3 is 0 Å². The number of aromatic nitrogens is 2. The second-order valence-electron chi connectivity index (χ2n) is 4.10. The minimum Gasteiger partial charge on any atom is -0.484 e. The van der Waals surface area contributed by atoms with E-state index in [2.05, 4.69) is 10.2 Å². The molecule has 0 saturated carbocycles. The lowest BCUT2D eigenvalue weighted by atomic mass is 10.1. The molecule has 0 radical (unpaired) electrons. The Bertz CT molecular complexity index is 604. The van der Waals surface area contributed by atoms with E-state index in [0.717, 1.165) is 5.69 Å². The van der Waals surface area contributed by atoms with E-state index in [1.807, 2.05) is 0 Å². The van der Waals surface area contributed by atoms with Crippen LogP contribution in [0.1, 0.15) is 21.7 Å². The molecule has 0 saturated heterocycles. The van der Waals surface area contributed by atoms with Crippen LogP contribution in [0.15, 0.2) is 18.2 Å². The van der Waals surface area contributed by atoms with Gasteiger partial charge in [0.15, 0.2) is 6.61 Å². The standard InChI is InChI=1S/C13H12Cl2N2O2/c1-7-13(8(2)17-16-7)11(18)6-19-12-4-3-9(14)5-10(12)15/h3-5H,6H2,1-2H3,(H,16,17). The van der Waals surface area contributed by atoms with Crippen LogP contribution in [0, 0.1) is 13.8 Å². The van der Waals surface area contributed by atoms with Crippen LogP contribution in [0.5, 0.6) is 5.75 Å². The highest BCUT2D eigenvalue weighted by Crippen LogP contribution is 2.27. The summed E-state index contributed by atoms with van der Waals surface area (Å²) in [5, 5.41) is 7.64. The summed E-state index contributed by atoms with van der Waals surface area (Å²) in [6.45, 7) is 3.47. The Hall–Kier alpha value is -1.52.